The van der Waals surface area contributed by atoms with Gasteiger partial charge in [0.25, 0.3) is 0 Å². The van der Waals surface area contributed by atoms with Gasteiger partial charge in [-0.1, -0.05) is 0 Å². The molecule has 1 rings (SSSR count). The van der Waals surface area contributed by atoms with Crippen LogP contribution in [0.1, 0.15) is 13.8 Å². The van der Waals surface area contributed by atoms with E-state index in [0.29, 0.717) is 0 Å². The maximum absolute atomic E-state index is 9.45. The first-order chi connectivity index (χ1) is 4.95. The zero-order valence-corrected chi connectivity index (χ0v) is 6.69. The van der Waals surface area contributed by atoms with Gasteiger partial charge in [0.15, 0.2) is 5.79 Å². The molecule has 0 aromatic rings. The van der Waals surface area contributed by atoms with E-state index < -0.39 is 23.9 Å². The van der Waals surface area contributed by atoms with E-state index in [1.807, 2.05) is 0 Å². The predicted octanol–water partition coefficient (Wildman–Crippen LogP) is -0.917. The molecule has 0 bridgehead atoms. The van der Waals surface area contributed by atoms with Gasteiger partial charge in [-0.2, -0.15) is 0 Å². The van der Waals surface area contributed by atoms with Crippen molar-refractivity contribution in [2.75, 3.05) is 6.61 Å². The third kappa shape index (κ3) is 1.54. The molecule has 0 spiro atoms. The molecule has 11 heavy (non-hydrogen) atoms. The maximum atomic E-state index is 9.45. The van der Waals surface area contributed by atoms with Gasteiger partial charge in [-0.25, -0.2) is 0 Å². The quantitative estimate of drug-likeness (QED) is 0.466. The summed E-state index contributed by atoms with van der Waals surface area (Å²) in [6, 6.07) is 0. The normalized spacial score (nSPS) is 47.7. The van der Waals surface area contributed by atoms with Crippen LogP contribution in [0, 0.1) is 5.92 Å². The van der Waals surface area contributed by atoms with Crippen LogP contribution >= 0.6 is 0 Å². The second kappa shape index (κ2) is 2.71. The zero-order chi connectivity index (χ0) is 8.65. The van der Waals surface area contributed by atoms with Crippen LogP contribution in [0.15, 0.2) is 0 Å². The molecule has 1 saturated heterocycles. The minimum atomic E-state index is -1.40. The molecule has 0 aliphatic carbocycles. The minimum Gasteiger partial charge on any atom is -0.393 e. The minimum absolute atomic E-state index is 0.0859. The molecular formula is C7H14O4. The van der Waals surface area contributed by atoms with Crippen molar-refractivity contribution in [3.05, 3.63) is 0 Å². The van der Waals surface area contributed by atoms with Crippen molar-refractivity contribution in [1.82, 2.24) is 0 Å². The largest absolute Gasteiger partial charge is 0.393 e. The summed E-state index contributed by atoms with van der Waals surface area (Å²) in [5, 5.41) is 27.9. The molecule has 4 atom stereocenters. The van der Waals surface area contributed by atoms with E-state index in [1.165, 1.54) is 13.8 Å². The third-order valence-electron chi connectivity index (χ3n) is 2.10. The first kappa shape index (κ1) is 8.93. The number of ether oxygens (including phenoxy) is 1. The van der Waals surface area contributed by atoms with Gasteiger partial charge in [-0.05, 0) is 13.8 Å². The molecule has 1 aliphatic heterocycles. The Labute approximate surface area is 65.4 Å². The fourth-order valence-corrected chi connectivity index (χ4v) is 1.58. The van der Waals surface area contributed by atoms with Gasteiger partial charge in [0, 0.05) is 0 Å². The third-order valence-corrected chi connectivity index (χ3v) is 2.10. The second-order valence-electron chi connectivity index (χ2n) is 3.20. The molecular weight excluding hydrogens is 148 g/mol. The summed E-state index contributed by atoms with van der Waals surface area (Å²) in [7, 11) is 0. The molecule has 0 aromatic carbocycles. The van der Waals surface area contributed by atoms with E-state index in [1.54, 1.807) is 0 Å². The van der Waals surface area contributed by atoms with Gasteiger partial charge in [0.05, 0.1) is 24.7 Å². The fraction of sp³-hybridized carbons (Fsp3) is 1.00. The first-order valence-electron chi connectivity index (χ1n) is 3.67. The molecule has 0 saturated carbocycles. The molecule has 1 fully saturated rings. The molecule has 1 heterocycles. The molecule has 1 aliphatic rings. The van der Waals surface area contributed by atoms with Crippen LogP contribution in [-0.4, -0.2) is 39.9 Å². The van der Waals surface area contributed by atoms with E-state index in [9.17, 15) is 10.2 Å². The number of hydrogen-bond acceptors (Lipinski definition) is 4. The summed E-state index contributed by atoms with van der Waals surface area (Å²) in [4.78, 5) is 0. The molecule has 4 unspecified atom stereocenters. The summed E-state index contributed by atoms with van der Waals surface area (Å²) in [5.74, 6) is -2.00. The number of aliphatic hydroxyl groups is 3. The molecule has 3 N–H and O–H groups in total. The van der Waals surface area contributed by atoms with Crippen molar-refractivity contribution in [1.29, 1.82) is 0 Å². The smallest absolute Gasteiger partial charge is 0.170 e. The number of aliphatic hydroxyl groups excluding tert-OH is 2. The topological polar surface area (TPSA) is 69.9 Å². The van der Waals surface area contributed by atoms with Crippen LogP contribution in [0.3, 0.4) is 0 Å². The highest BCUT2D eigenvalue weighted by Gasteiger charge is 2.47. The second-order valence-corrected chi connectivity index (χ2v) is 3.20. The molecule has 0 amide bonds. The highest BCUT2D eigenvalue weighted by molar-refractivity contribution is 4.89. The monoisotopic (exact) mass is 162 g/mol. The molecule has 0 radical (unpaired) electrons. The van der Waals surface area contributed by atoms with Crippen LogP contribution in [0.25, 0.3) is 0 Å². The highest BCUT2D eigenvalue weighted by atomic mass is 16.6. The van der Waals surface area contributed by atoms with Crippen LogP contribution in [0.4, 0.5) is 0 Å². The van der Waals surface area contributed by atoms with Crippen molar-refractivity contribution in [2.45, 2.75) is 31.8 Å². The summed E-state index contributed by atoms with van der Waals surface area (Å²) in [5.41, 5.74) is 0. The molecule has 4 heteroatoms. The fourth-order valence-electron chi connectivity index (χ4n) is 1.58. The van der Waals surface area contributed by atoms with Gasteiger partial charge in [-0.15, -0.1) is 0 Å². The lowest BCUT2D eigenvalue weighted by molar-refractivity contribution is -0.196. The Balaban J connectivity index is 2.72. The van der Waals surface area contributed by atoms with Gasteiger partial charge in [0.1, 0.15) is 0 Å². The zero-order valence-electron chi connectivity index (χ0n) is 6.69. The van der Waals surface area contributed by atoms with Crippen LogP contribution < -0.4 is 0 Å². The Morgan fingerprint density at radius 3 is 2.36 bits per heavy atom. The Morgan fingerprint density at radius 1 is 1.64 bits per heavy atom. The van der Waals surface area contributed by atoms with Crippen LogP contribution in [0.2, 0.25) is 0 Å². The van der Waals surface area contributed by atoms with Gasteiger partial charge in [0.2, 0.25) is 0 Å². The van der Waals surface area contributed by atoms with Crippen molar-refractivity contribution in [3.8, 4) is 0 Å². The Bertz CT molecular complexity index is 143. The number of rotatable bonds is 1. The van der Waals surface area contributed by atoms with E-state index in [0.717, 1.165) is 0 Å². The van der Waals surface area contributed by atoms with E-state index >= 15 is 0 Å². The lowest BCUT2D eigenvalue weighted by atomic mass is 9.92. The van der Waals surface area contributed by atoms with Crippen molar-refractivity contribution in [2.24, 2.45) is 5.92 Å². The lowest BCUT2D eigenvalue weighted by Crippen LogP contribution is -2.41. The average molecular weight is 162 g/mol. The van der Waals surface area contributed by atoms with Crippen molar-refractivity contribution >= 4 is 0 Å². The van der Waals surface area contributed by atoms with E-state index in [2.05, 4.69) is 0 Å². The Morgan fingerprint density at radius 2 is 2.18 bits per heavy atom. The van der Waals surface area contributed by atoms with Crippen molar-refractivity contribution < 1.29 is 20.1 Å². The van der Waals surface area contributed by atoms with Crippen molar-refractivity contribution in [3.63, 3.8) is 0 Å². The molecule has 4 nitrogen and oxygen atoms in total. The molecule has 0 aromatic heterocycles. The van der Waals surface area contributed by atoms with Crippen LogP contribution in [-0.2, 0) is 4.74 Å². The lowest BCUT2D eigenvalue weighted by Gasteiger charge is -2.27. The maximum Gasteiger partial charge on any atom is 0.170 e. The molecule has 66 valence electrons. The summed E-state index contributed by atoms with van der Waals surface area (Å²) in [6.07, 6.45) is -1.53. The Hall–Kier alpha value is -0.160. The highest BCUT2D eigenvalue weighted by Crippen LogP contribution is 2.32. The van der Waals surface area contributed by atoms with Gasteiger partial charge in [-0.3, -0.25) is 0 Å². The Kier molecular flexibility index (Phi) is 2.20. The van der Waals surface area contributed by atoms with Crippen LogP contribution in [0.5, 0.6) is 0 Å². The summed E-state index contributed by atoms with van der Waals surface area (Å²) >= 11 is 0. The first-order valence-corrected chi connectivity index (χ1v) is 3.67. The number of hydrogen-bond donors (Lipinski definition) is 3. The van der Waals surface area contributed by atoms with Gasteiger partial charge >= 0.3 is 0 Å². The average Bonchev–Trinajstić information content (AvgIpc) is 2.06. The summed E-state index contributed by atoms with van der Waals surface area (Å²) in [6.45, 7) is 3.06. The standard InChI is InChI=1S/C7H14O4/c1-4(8)6-5(9)3-11-7(6,2)10/h4-6,8-10H,3H2,1-2H3. The van der Waals surface area contributed by atoms with E-state index in [4.69, 9.17) is 9.84 Å². The predicted molar refractivity (Wildman–Crippen MR) is 37.8 cm³/mol. The summed E-state index contributed by atoms with van der Waals surface area (Å²) < 4.78 is 4.87. The van der Waals surface area contributed by atoms with E-state index in [-0.39, 0.29) is 6.61 Å². The van der Waals surface area contributed by atoms with Gasteiger partial charge < -0.3 is 20.1 Å². The SMILES string of the molecule is CC(O)C1C(O)COC1(C)O.